The Balaban J connectivity index is 1.92. The summed E-state index contributed by atoms with van der Waals surface area (Å²) in [6.07, 6.45) is 1.79. The molecule has 1 fully saturated rings. The summed E-state index contributed by atoms with van der Waals surface area (Å²) in [4.78, 5) is 9.53. The number of thiocarbonyl (C=S) groups is 1. The molecule has 0 radical (unpaired) electrons. The molecule has 1 aromatic rings. The van der Waals surface area contributed by atoms with E-state index in [1.807, 2.05) is 12.1 Å². The summed E-state index contributed by atoms with van der Waals surface area (Å²) in [5.74, 6) is 0. The molecule has 0 aromatic carbocycles. The molecule has 1 aliphatic heterocycles. The minimum absolute atomic E-state index is 0.367. The van der Waals surface area contributed by atoms with Gasteiger partial charge in [0.05, 0.1) is 5.69 Å². The minimum Gasteiger partial charge on any atom is -0.388 e. The van der Waals surface area contributed by atoms with Crippen molar-refractivity contribution in [1.29, 1.82) is 0 Å². The van der Waals surface area contributed by atoms with Crippen LogP contribution in [0.5, 0.6) is 0 Å². The van der Waals surface area contributed by atoms with Crippen molar-refractivity contribution in [2.45, 2.75) is 26.4 Å². The number of hydrogen-bond acceptors (Lipinski definition) is 4. The number of rotatable bonds is 4. The maximum atomic E-state index is 5.62. The molecule has 0 aliphatic carbocycles. The Morgan fingerprint density at radius 1 is 1.37 bits per heavy atom. The SMILES string of the molecule is CC(C)N1CCN(Cc2ccnc(C(N)=S)c2)CC1. The summed E-state index contributed by atoms with van der Waals surface area (Å²) < 4.78 is 0. The highest BCUT2D eigenvalue weighted by Crippen LogP contribution is 2.11. The zero-order chi connectivity index (χ0) is 13.8. The molecule has 2 N–H and O–H groups in total. The number of nitrogens with zero attached hydrogens (tertiary/aromatic N) is 3. The lowest BCUT2D eigenvalue weighted by Gasteiger charge is -2.36. The monoisotopic (exact) mass is 278 g/mol. The van der Waals surface area contributed by atoms with Crippen LogP contribution >= 0.6 is 12.2 Å². The Labute approximate surface area is 120 Å². The maximum Gasteiger partial charge on any atom is 0.122 e. The van der Waals surface area contributed by atoms with Gasteiger partial charge in [0.2, 0.25) is 0 Å². The molecular weight excluding hydrogens is 256 g/mol. The Bertz CT molecular complexity index is 439. The first-order valence-corrected chi connectivity index (χ1v) is 7.18. The molecule has 0 bridgehead atoms. The van der Waals surface area contributed by atoms with Crippen LogP contribution < -0.4 is 5.73 Å². The van der Waals surface area contributed by atoms with Gasteiger partial charge in [-0.25, -0.2) is 0 Å². The van der Waals surface area contributed by atoms with Gasteiger partial charge in [0.15, 0.2) is 0 Å². The molecular formula is C14H22N4S. The van der Waals surface area contributed by atoms with E-state index in [0.717, 1.165) is 32.7 Å². The largest absolute Gasteiger partial charge is 0.388 e. The van der Waals surface area contributed by atoms with E-state index in [1.165, 1.54) is 5.56 Å². The molecule has 0 atom stereocenters. The Hall–Kier alpha value is -1.04. The molecule has 0 unspecified atom stereocenters. The lowest BCUT2D eigenvalue weighted by Crippen LogP contribution is -2.48. The highest BCUT2D eigenvalue weighted by atomic mass is 32.1. The van der Waals surface area contributed by atoms with Crippen LogP contribution in [0.15, 0.2) is 18.3 Å². The van der Waals surface area contributed by atoms with Crippen LogP contribution in [0.1, 0.15) is 25.1 Å². The second-order valence-electron chi connectivity index (χ2n) is 5.32. The summed E-state index contributed by atoms with van der Waals surface area (Å²) in [6, 6.07) is 4.68. The predicted octanol–water partition coefficient (Wildman–Crippen LogP) is 1.24. The molecule has 0 saturated carbocycles. The van der Waals surface area contributed by atoms with Crippen molar-refractivity contribution in [3.63, 3.8) is 0 Å². The number of piperazine rings is 1. The van der Waals surface area contributed by atoms with Crippen molar-refractivity contribution >= 4 is 17.2 Å². The van der Waals surface area contributed by atoms with Gasteiger partial charge in [0.1, 0.15) is 4.99 Å². The van der Waals surface area contributed by atoms with Gasteiger partial charge in [0.25, 0.3) is 0 Å². The third kappa shape index (κ3) is 3.96. The lowest BCUT2D eigenvalue weighted by molar-refractivity contribution is 0.104. The van der Waals surface area contributed by atoms with E-state index in [9.17, 15) is 0 Å². The topological polar surface area (TPSA) is 45.4 Å². The maximum absolute atomic E-state index is 5.62. The van der Waals surface area contributed by atoms with Gasteiger partial charge in [-0.05, 0) is 31.5 Å². The van der Waals surface area contributed by atoms with Crippen LogP contribution in [0.25, 0.3) is 0 Å². The molecule has 0 spiro atoms. The standard InChI is InChI=1S/C14H22N4S/c1-11(2)18-7-5-17(6-8-18)10-12-3-4-16-13(9-12)14(15)19/h3-4,9,11H,5-8,10H2,1-2H3,(H2,15,19). The van der Waals surface area contributed by atoms with Crippen molar-refractivity contribution in [2.75, 3.05) is 26.2 Å². The van der Waals surface area contributed by atoms with Crippen LogP contribution in [0.4, 0.5) is 0 Å². The first-order valence-electron chi connectivity index (χ1n) is 6.77. The molecule has 2 rings (SSSR count). The van der Waals surface area contributed by atoms with Crippen LogP contribution in [0.3, 0.4) is 0 Å². The summed E-state index contributed by atoms with van der Waals surface area (Å²) in [5, 5.41) is 0. The zero-order valence-corrected chi connectivity index (χ0v) is 12.5. The van der Waals surface area contributed by atoms with Crippen LogP contribution in [-0.2, 0) is 6.54 Å². The van der Waals surface area contributed by atoms with Gasteiger partial charge in [-0.3, -0.25) is 14.8 Å². The van der Waals surface area contributed by atoms with Gasteiger partial charge in [-0.1, -0.05) is 12.2 Å². The van der Waals surface area contributed by atoms with Crippen LogP contribution in [0, 0.1) is 0 Å². The van der Waals surface area contributed by atoms with E-state index in [-0.39, 0.29) is 0 Å². The highest BCUT2D eigenvalue weighted by molar-refractivity contribution is 7.80. The zero-order valence-electron chi connectivity index (χ0n) is 11.7. The van der Waals surface area contributed by atoms with E-state index >= 15 is 0 Å². The summed E-state index contributed by atoms with van der Waals surface area (Å²) in [7, 11) is 0. The molecule has 4 nitrogen and oxygen atoms in total. The Morgan fingerprint density at radius 3 is 2.63 bits per heavy atom. The van der Waals surface area contributed by atoms with E-state index in [0.29, 0.717) is 16.7 Å². The van der Waals surface area contributed by atoms with E-state index < -0.39 is 0 Å². The molecule has 1 aliphatic rings. The third-order valence-electron chi connectivity index (χ3n) is 3.62. The molecule has 19 heavy (non-hydrogen) atoms. The first-order chi connectivity index (χ1) is 9.06. The smallest absolute Gasteiger partial charge is 0.122 e. The van der Waals surface area contributed by atoms with Gasteiger partial charge in [-0.2, -0.15) is 0 Å². The minimum atomic E-state index is 0.367. The predicted molar refractivity (Wildman–Crippen MR) is 82.1 cm³/mol. The fraction of sp³-hybridized carbons (Fsp3) is 0.571. The molecule has 104 valence electrons. The summed E-state index contributed by atoms with van der Waals surface area (Å²) in [5.41, 5.74) is 7.56. The Morgan fingerprint density at radius 2 is 2.05 bits per heavy atom. The Kier molecular flexibility index (Phi) is 4.85. The van der Waals surface area contributed by atoms with Gasteiger partial charge < -0.3 is 5.73 Å². The van der Waals surface area contributed by atoms with Crippen molar-refractivity contribution in [2.24, 2.45) is 5.73 Å². The van der Waals surface area contributed by atoms with E-state index in [2.05, 4.69) is 28.6 Å². The quantitative estimate of drug-likeness (QED) is 0.840. The number of nitrogens with two attached hydrogens (primary N) is 1. The van der Waals surface area contributed by atoms with Crippen molar-refractivity contribution in [3.05, 3.63) is 29.6 Å². The second kappa shape index (κ2) is 6.41. The molecule has 1 aromatic heterocycles. The third-order valence-corrected chi connectivity index (χ3v) is 3.83. The number of pyridine rings is 1. The summed E-state index contributed by atoms with van der Waals surface area (Å²) >= 11 is 4.97. The fourth-order valence-electron chi connectivity index (χ4n) is 2.40. The van der Waals surface area contributed by atoms with Crippen LogP contribution in [-0.4, -0.2) is 52.0 Å². The van der Waals surface area contributed by atoms with E-state index in [1.54, 1.807) is 6.20 Å². The van der Waals surface area contributed by atoms with Crippen molar-refractivity contribution in [3.8, 4) is 0 Å². The molecule has 0 amide bonds. The van der Waals surface area contributed by atoms with Crippen LogP contribution in [0.2, 0.25) is 0 Å². The highest BCUT2D eigenvalue weighted by Gasteiger charge is 2.18. The number of aromatic nitrogens is 1. The van der Waals surface area contributed by atoms with E-state index in [4.69, 9.17) is 18.0 Å². The second-order valence-corrected chi connectivity index (χ2v) is 5.76. The average Bonchev–Trinajstić information content (AvgIpc) is 2.39. The van der Waals surface area contributed by atoms with Gasteiger partial charge in [-0.15, -0.1) is 0 Å². The van der Waals surface area contributed by atoms with Crippen molar-refractivity contribution < 1.29 is 0 Å². The van der Waals surface area contributed by atoms with Gasteiger partial charge >= 0.3 is 0 Å². The lowest BCUT2D eigenvalue weighted by atomic mass is 10.2. The average molecular weight is 278 g/mol. The first kappa shape index (κ1) is 14.4. The van der Waals surface area contributed by atoms with Crippen molar-refractivity contribution in [1.82, 2.24) is 14.8 Å². The molecule has 1 saturated heterocycles. The van der Waals surface area contributed by atoms with Gasteiger partial charge in [0, 0.05) is 45.0 Å². The normalized spacial score (nSPS) is 17.8. The summed E-state index contributed by atoms with van der Waals surface area (Å²) in [6.45, 7) is 9.98. The molecule has 5 heteroatoms. The molecule has 2 heterocycles. The number of hydrogen-bond donors (Lipinski definition) is 1. The fourth-order valence-corrected chi connectivity index (χ4v) is 2.52.